The molecular weight excluding hydrogens is 372 g/mol. The fraction of sp³-hybridized carbons (Fsp3) is 0.0667. The first-order chi connectivity index (χ1) is 11.4. The van der Waals surface area contributed by atoms with Crippen molar-refractivity contribution in [3.05, 3.63) is 56.1 Å². The second-order valence-electron chi connectivity index (χ2n) is 4.86. The molecule has 0 radical (unpaired) electrons. The molecule has 0 unspecified atom stereocenters. The number of non-ortho nitro benzene ring substituents is 1. The smallest absolute Gasteiger partial charge is 0.270 e. The quantitative estimate of drug-likeness (QED) is 0.341. The van der Waals surface area contributed by atoms with E-state index in [0.717, 1.165) is 0 Å². The summed E-state index contributed by atoms with van der Waals surface area (Å²) in [5.41, 5.74) is 0.437. The minimum Gasteiger partial charge on any atom is -0.457 e. The van der Waals surface area contributed by atoms with Crippen molar-refractivity contribution in [2.45, 2.75) is 0 Å². The van der Waals surface area contributed by atoms with Gasteiger partial charge in [-0.25, -0.2) is 0 Å². The highest BCUT2D eigenvalue weighted by Gasteiger charge is 2.29. The maximum Gasteiger partial charge on any atom is 0.270 e. The molecule has 3 rings (SSSR count). The third-order valence-corrected chi connectivity index (χ3v) is 5.11. The van der Waals surface area contributed by atoms with Gasteiger partial charge in [0.1, 0.15) is 15.8 Å². The summed E-state index contributed by atoms with van der Waals surface area (Å²) in [4.78, 5) is 24.1. The number of halogens is 1. The molecule has 1 aliphatic rings. The summed E-state index contributed by atoms with van der Waals surface area (Å²) in [6.45, 7) is 0. The highest BCUT2D eigenvalue weighted by atomic mass is 35.5. The van der Waals surface area contributed by atoms with Gasteiger partial charge in [-0.1, -0.05) is 35.6 Å². The van der Waals surface area contributed by atoms with Gasteiger partial charge in [0.15, 0.2) is 0 Å². The number of rotatable bonds is 3. The molecule has 1 fully saturated rings. The predicted octanol–water partition coefficient (Wildman–Crippen LogP) is 4.34. The summed E-state index contributed by atoms with van der Waals surface area (Å²) in [5, 5.41) is 11.0. The first-order valence-corrected chi connectivity index (χ1v) is 8.23. The number of amides is 1. The van der Waals surface area contributed by atoms with Gasteiger partial charge in [0.2, 0.25) is 0 Å². The van der Waals surface area contributed by atoms with Crippen LogP contribution < -0.4 is 0 Å². The molecule has 0 N–H and O–H groups in total. The molecule has 2 heterocycles. The van der Waals surface area contributed by atoms with Gasteiger partial charge in [-0.3, -0.25) is 19.8 Å². The van der Waals surface area contributed by atoms with Crippen molar-refractivity contribution in [3.8, 4) is 11.3 Å². The fourth-order valence-corrected chi connectivity index (χ4v) is 3.49. The molecule has 122 valence electrons. The summed E-state index contributed by atoms with van der Waals surface area (Å²) >= 11 is 12.4. The molecule has 1 aromatic carbocycles. The van der Waals surface area contributed by atoms with Crippen LogP contribution in [0.4, 0.5) is 5.69 Å². The molecule has 0 spiro atoms. The number of hydrogen-bond acceptors (Lipinski definition) is 6. The molecule has 0 aliphatic carbocycles. The first-order valence-electron chi connectivity index (χ1n) is 6.62. The van der Waals surface area contributed by atoms with Crippen LogP contribution in [0.5, 0.6) is 0 Å². The standard InChI is InChI=1S/C15H9ClN2O4S2/c1-17-14(19)13(24-15(17)23)7-9-3-5-12(22-9)10-4-2-8(18(20)21)6-11(10)16/h2-7H,1H3. The Hall–Kier alpha value is -2.16. The van der Waals surface area contributed by atoms with E-state index in [-0.39, 0.29) is 16.6 Å². The largest absolute Gasteiger partial charge is 0.457 e. The van der Waals surface area contributed by atoms with Crippen molar-refractivity contribution in [1.29, 1.82) is 0 Å². The number of thioether (sulfide) groups is 1. The third-order valence-electron chi connectivity index (χ3n) is 3.32. The van der Waals surface area contributed by atoms with Crippen LogP contribution in [-0.2, 0) is 4.79 Å². The zero-order valence-electron chi connectivity index (χ0n) is 12.2. The van der Waals surface area contributed by atoms with Gasteiger partial charge in [-0.2, -0.15) is 0 Å². The van der Waals surface area contributed by atoms with Crippen LogP contribution in [-0.4, -0.2) is 27.1 Å². The molecule has 9 heteroatoms. The van der Waals surface area contributed by atoms with Crippen molar-refractivity contribution in [3.63, 3.8) is 0 Å². The van der Waals surface area contributed by atoms with Crippen molar-refractivity contribution in [2.75, 3.05) is 7.05 Å². The lowest BCUT2D eigenvalue weighted by atomic mass is 10.1. The Kier molecular flexibility index (Phi) is 4.44. The van der Waals surface area contributed by atoms with E-state index in [1.807, 2.05) is 0 Å². The molecule has 0 atom stereocenters. The Bertz CT molecular complexity index is 907. The monoisotopic (exact) mass is 380 g/mol. The number of benzene rings is 1. The Morgan fingerprint density at radius 1 is 1.38 bits per heavy atom. The number of nitro benzene ring substituents is 1. The Morgan fingerprint density at radius 2 is 2.12 bits per heavy atom. The number of thiocarbonyl (C=S) groups is 1. The van der Waals surface area contributed by atoms with E-state index in [4.69, 9.17) is 28.2 Å². The van der Waals surface area contributed by atoms with Gasteiger partial charge < -0.3 is 4.42 Å². The molecule has 24 heavy (non-hydrogen) atoms. The maximum absolute atomic E-state index is 12.0. The normalized spacial score (nSPS) is 16.2. The molecule has 0 saturated carbocycles. The number of carbonyl (C=O) groups is 1. The number of hydrogen-bond donors (Lipinski definition) is 0. The summed E-state index contributed by atoms with van der Waals surface area (Å²) in [6.07, 6.45) is 1.60. The van der Waals surface area contributed by atoms with E-state index < -0.39 is 4.92 Å². The lowest BCUT2D eigenvalue weighted by molar-refractivity contribution is -0.384. The van der Waals surface area contributed by atoms with E-state index in [2.05, 4.69) is 0 Å². The van der Waals surface area contributed by atoms with Crippen molar-refractivity contribution in [2.24, 2.45) is 0 Å². The Morgan fingerprint density at radius 3 is 2.71 bits per heavy atom. The van der Waals surface area contributed by atoms with E-state index in [1.54, 1.807) is 25.3 Å². The molecular formula is C15H9ClN2O4S2. The average molecular weight is 381 g/mol. The Balaban J connectivity index is 1.91. The first kappa shape index (κ1) is 16.7. The third kappa shape index (κ3) is 3.08. The molecule has 1 aliphatic heterocycles. The fourth-order valence-electron chi connectivity index (χ4n) is 2.07. The van der Waals surface area contributed by atoms with Crippen LogP contribution >= 0.6 is 35.6 Å². The molecule has 6 nitrogen and oxygen atoms in total. The summed E-state index contributed by atoms with van der Waals surface area (Å²) < 4.78 is 6.16. The highest BCUT2D eigenvalue weighted by Crippen LogP contribution is 2.35. The molecule has 1 amide bonds. The SMILES string of the molecule is CN1C(=O)C(=Cc2ccc(-c3ccc([N+](=O)[O-])cc3Cl)o2)SC1=S. The van der Waals surface area contributed by atoms with Gasteiger partial charge in [-0.15, -0.1) is 0 Å². The average Bonchev–Trinajstić information content (AvgIpc) is 3.08. The van der Waals surface area contributed by atoms with Crippen molar-refractivity contribution >= 4 is 57.6 Å². The lowest BCUT2D eigenvalue weighted by Gasteiger charge is -2.03. The number of carbonyl (C=O) groups excluding carboxylic acids is 1. The summed E-state index contributed by atoms with van der Waals surface area (Å²) in [6, 6.07) is 7.52. The summed E-state index contributed by atoms with van der Waals surface area (Å²) in [7, 11) is 1.61. The topological polar surface area (TPSA) is 76.6 Å². The Labute approximate surface area is 151 Å². The van der Waals surface area contributed by atoms with E-state index in [1.165, 1.54) is 34.9 Å². The van der Waals surface area contributed by atoms with Gasteiger partial charge in [0, 0.05) is 30.8 Å². The van der Waals surface area contributed by atoms with Crippen LogP contribution in [0.3, 0.4) is 0 Å². The number of furan rings is 1. The number of nitrogens with zero attached hydrogens (tertiary/aromatic N) is 2. The van der Waals surface area contributed by atoms with Crippen LogP contribution in [0.1, 0.15) is 5.76 Å². The highest BCUT2D eigenvalue weighted by molar-refractivity contribution is 8.26. The molecule has 1 aromatic heterocycles. The second kappa shape index (κ2) is 6.39. The maximum atomic E-state index is 12.0. The molecule has 2 aromatic rings. The van der Waals surface area contributed by atoms with Crippen LogP contribution in [0.2, 0.25) is 5.02 Å². The summed E-state index contributed by atoms with van der Waals surface area (Å²) in [5.74, 6) is 0.734. The second-order valence-corrected chi connectivity index (χ2v) is 6.95. The molecule has 1 saturated heterocycles. The van der Waals surface area contributed by atoms with Crippen LogP contribution in [0.15, 0.2) is 39.7 Å². The van der Waals surface area contributed by atoms with Crippen molar-refractivity contribution < 1.29 is 14.1 Å². The molecule has 0 bridgehead atoms. The van der Waals surface area contributed by atoms with E-state index in [0.29, 0.717) is 26.3 Å². The lowest BCUT2D eigenvalue weighted by Crippen LogP contribution is -2.22. The van der Waals surface area contributed by atoms with Gasteiger partial charge in [0.25, 0.3) is 11.6 Å². The zero-order valence-corrected chi connectivity index (χ0v) is 14.6. The zero-order chi connectivity index (χ0) is 17.4. The minimum absolute atomic E-state index is 0.0952. The van der Waals surface area contributed by atoms with Gasteiger partial charge >= 0.3 is 0 Å². The van der Waals surface area contributed by atoms with E-state index >= 15 is 0 Å². The van der Waals surface area contributed by atoms with Gasteiger partial charge in [-0.05, 0) is 18.2 Å². The van der Waals surface area contributed by atoms with Crippen LogP contribution in [0, 0.1) is 10.1 Å². The predicted molar refractivity (Wildman–Crippen MR) is 96.7 cm³/mol. The van der Waals surface area contributed by atoms with Crippen LogP contribution in [0.25, 0.3) is 17.4 Å². The van der Waals surface area contributed by atoms with Crippen molar-refractivity contribution in [1.82, 2.24) is 4.90 Å². The van der Waals surface area contributed by atoms with Gasteiger partial charge in [0.05, 0.1) is 14.9 Å². The minimum atomic E-state index is -0.518. The number of likely N-dealkylation sites (N-methyl/N-ethyl adjacent to an activating group) is 1. The number of nitro groups is 1. The van der Waals surface area contributed by atoms with E-state index in [9.17, 15) is 14.9 Å².